The van der Waals surface area contributed by atoms with Crippen LogP contribution in [0.1, 0.15) is 17.3 Å². The van der Waals surface area contributed by atoms with Gasteiger partial charge in [0.05, 0.1) is 25.9 Å². The number of anilines is 1. The molecular weight excluding hydrogens is 246 g/mol. The third-order valence-corrected chi connectivity index (χ3v) is 3.12. The number of carbonyl (C=O) groups excluding carboxylic acids is 1. The minimum Gasteiger partial charge on any atom is -0.496 e. The van der Waals surface area contributed by atoms with Gasteiger partial charge < -0.3 is 9.47 Å². The molecule has 6 heteroatoms. The zero-order valence-electron chi connectivity index (χ0n) is 11.6. The molecule has 1 aliphatic heterocycles. The summed E-state index contributed by atoms with van der Waals surface area (Å²) in [5.74, 6) is 0.106. The van der Waals surface area contributed by atoms with Crippen molar-refractivity contribution in [2.45, 2.75) is 13.0 Å². The van der Waals surface area contributed by atoms with E-state index in [0.29, 0.717) is 17.4 Å². The minimum atomic E-state index is -0.404. The van der Waals surface area contributed by atoms with Crippen LogP contribution in [0.3, 0.4) is 0 Å². The van der Waals surface area contributed by atoms with Gasteiger partial charge in [0.2, 0.25) is 0 Å². The Balaban J connectivity index is 2.35. The van der Waals surface area contributed by atoms with Crippen LogP contribution in [0, 0.1) is 0 Å². The van der Waals surface area contributed by atoms with Gasteiger partial charge in [0.15, 0.2) is 0 Å². The molecule has 1 saturated heterocycles. The highest BCUT2D eigenvalue weighted by molar-refractivity contribution is 5.93. The van der Waals surface area contributed by atoms with Gasteiger partial charge in [-0.15, -0.1) is 0 Å². The van der Waals surface area contributed by atoms with Crippen molar-refractivity contribution in [1.29, 1.82) is 0 Å². The molecular formula is C13H19N3O3. The molecule has 0 bridgehead atoms. The first kappa shape index (κ1) is 13.6. The van der Waals surface area contributed by atoms with Gasteiger partial charge >= 0.3 is 5.97 Å². The summed E-state index contributed by atoms with van der Waals surface area (Å²) in [6.45, 7) is 3.01. The van der Waals surface area contributed by atoms with E-state index in [0.717, 1.165) is 12.2 Å². The normalized spacial score (nSPS) is 19.6. The number of benzene rings is 1. The predicted molar refractivity (Wildman–Crippen MR) is 72.0 cm³/mol. The quantitative estimate of drug-likeness (QED) is 0.824. The molecule has 1 N–H and O–H groups in total. The molecule has 1 atom stereocenters. The Morgan fingerprint density at radius 2 is 2.16 bits per heavy atom. The first-order chi connectivity index (χ1) is 9.06. The first-order valence-corrected chi connectivity index (χ1v) is 6.09. The summed E-state index contributed by atoms with van der Waals surface area (Å²) < 4.78 is 9.96. The topological polar surface area (TPSA) is 54.0 Å². The number of likely N-dealkylation sites (N-methyl/N-ethyl adjacent to an activating group) is 1. The minimum absolute atomic E-state index is 0.309. The highest BCUT2D eigenvalue weighted by atomic mass is 16.5. The fraction of sp³-hybridized carbons (Fsp3) is 0.462. The van der Waals surface area contributed by atoms with Crippen molar-refractivity contribution in [3.8, 4) is 5.75 Å². The highest BCUT2D eigenvalue weighted by Gasteiger charge is 2.26. The van der Waals surface area contributed by atoms with Crippen LogP contribution >= 0.6 is 0 Å². The third kappa shape index (κ3) is 2.64. The molecule has 0 amide bonds. The highest BCUT2D eigenvalue weighted by Crippen LogP contribution is 2.27. The lowest BCUT2D eigenvalue weighted by Crippen LogP contribution is -2.39. The van der Waals surface area contributed by atoms with Gasteiger partial charge in [-0.2, -0.15) is 5.53 Å². The van der Waals surface area contributed by atoms with Gasteiger partial charge in [0, 0.05) is 13.6 Å². The molecule has 19 heavy (non-hydrogen) atoms. The molecule has 0 saturated carbocycles. The van der Waals surface area contributed by atoms with Crippen LogP contribution in [0.25, 0.3) is 0 Å². The molecule has 1 aromatic carbocycles. The lowest BCUT2D eigenvalue weighted by molar-refractivity contribution is 0.0597. The lowest BCUT2D eigenvalue weighted by atomic mass is 10.1. The molecule has 0 aliphatic carbocycles. The van der Waals surface area contributed by atoms with E-state index in [2.05, 4.69) is 12.5 Å². The Morgan fingerprint density at radius 1 is 1.42 bits per heavy atom. The second-order valence-corrected chi connectivity index (χ2v) is 4.58. The van der Waals surface area contributed by atoms with E-state index in [1.54, 1.807) is 12.1 Å². The Hall–Kier alpha value is -1.79. The van der Waals surface area contributed by atoms with Crippen LogP contribution in [0.5, 0.6) is 5.75 Å². The van der Waals surface area contributed by atoms with Gasteiger partial charge in [-0.3, -0.25) is 5.01 Å². The predicted octanol–water partition coefficient (Wildman–Crippen LogP) is 1.04. The number of nitrogens with one attached hydrogen (secondary N) is 1. The molecule has 1 unspecified atom stereocenters. The largest absolute Gasteiger partial charge is 0.496 e. The van der Waals surface area contributed by atoms with Crippen molar-refractivity contribution in [1.82, 2.24) is 10.5 Å². The van der Waals surface area contributed by atoms with Crippen LogP contribution < -0.4 is 15.3 Å². The third-order valence-electron chi connectivity index (χ3n) is 3.12. The lowest BCUT2D eigenvalue weighted by Gasteiger charge is -2.23. The molecule has 1 heterocycles. The Bertz CT molecular complexity index is 478. The van der Waals surface area contributed by atoms with Gasteiger partial charge in [-0.05, 0) is 25.1 Å². The van der Waals surface area contributed by atoms with Gasteiger partial charge in [0.1, 0.15) is 11.3 Å². The van der Waals surface area contributed by atoms with Crippen molar-refractivity contribution in [2.75, 3.05) is 32.8 Å². The molecule has 0 aromatic heterocycles. The molecule has 6 nitrogen and oxygen atoms in total. The molecule has 104 valence electrons. The monoisotopic (exact) mass is 265 g/mol. The van der Waals surface area contributed by atoms with Crippen LogP contribution in [0.4, 0.5) is 5.69 Å². The van der Waals surface area contributed by atoms with E-state index in [1.165, 1.54) is 14.2 Å². The van der Waals surface area contributed by atoms with Crippen LogP contribution in [0.2, 0.25) is 0 Å². The van der Waals surface area contributed by atoms with E-state index in [1.807, 2.05) is 23.1 Å². The standard InChI is InChI=1S/C13H19N3O3/c1-9-8-15(2)14-16(9)10-5-6-12(18-3)11(7-10)13(17)19-4/h5-7,9,14H,8H2,1-4H3. The number of nitrogens with zero attached hydrogens (tertiary/aromatic N) is 2. The molecule has 2 rings (SSSR count). The SMILES string of the molecule is COC(=O)c1cc(N2NN(C)CC2C)ccc1OC. The average Bonchev–Trinajstić information content (AvgIpc) is 2.76. The number of methoxy groups -OCH3 is 2. The van der Waals surface area contributed by atoms with E-state index < -0.39 is 5.97 Å². The zero-order valence-corrected chi connectivity index (χ0v) is 11.6. The van der Waals surface area contributed by atoms with Crippen LogP contribution in [-0.4, -0.2) is 44.8 Å². The van der Waals surface area contributed by atoms with Crippen LogP contribution in [-0.2, 0) is 4.74 Å². The Kier molecular flexibility index (Phi) is 3.92. The summed E-state index contributed by atoms with van der Waals surface area (Å²) in [7, 11) is 4.87. The second kappa shape index (κ2) is 5.46. The number of carbonyl (C=O) groups is 1. The Morgan fingerprint density at radius 3 is 2.68 bits per heavy atom. The number of ether oxygens (including phenoxy) is 2. The fourth-order valence-electron chi connectivity index (χ4n) is 2.23. The maximum absolute atomic E-state index is 11.8. The van der Waals surface area contributed by atoms with Gasteiger partial charge in [-0.1, -0.05) is 0 Å². The number of hydrazine groups is 2. The van der Waals surface area contributed by atoms with Crippen molar-refractivity contribution < 1.29 is 14.3 Å². The van der Waals surface area contributed by atoms with Crippen molar-refractivity contribution in [3.63, 3.8) is 0 Å². The number of rotatable bonds is 3. The summed E-state index contributed by atoms with van der Waals surface area (Å²) in [6.07, 6.45) is 0. The van der Waals surface area contributed by atoms with Crippen molar-refractivity contribution >= 4 is 11.7 Å². The summed E-state index contributed by atoms with van der Waals surface area (Å²) in [4.78, 5) is 11.8. The smallest absolute Gasteiger partial charge is 0.341 e. The van der Waals surface area contributed by atoms with Crippen LogP contribution in [0.15, 0.2) is 18.2 Å². The second-order valence-electron chi connectivity index (χ2n) is 4.58. The molecule has 1 fully saturated rings. The molecule has 1 aliphatic rings. The zero-order chi connectivity index (χ0) is 14.0. The molecule has 0 radical (unpaired) electrons. The van der Waals surface area contributed by atoms with E-state index in [9.17, 15) is 4.79 Å². The number of esters is 1. The van der Waals surface area contributed by atoms with Crippen molar-refractivity contribution in [3.05, 3.63) is 23.8 Å². The average molecular weight is 265 g/mol. The number of hydrogen-bond acceptors (Lipinski definition) is 6. The van der Waals surface area contributed by atoms with E-state index >= 15 is 0 Å². The maximum Gasteiger partial charge on any atom is 0.341 e. The summed E-state index contributed by atoms with van der Waals surface area (Å²) in [6, 6.07) is 5.76. The van der Waals surface area contributed by atoms with Crippen molar-refractivity contribution in [2.24, 2.45) is 0 Å². The summed E-state index contributed by atoms with van der Waals surface area (Å²) >= 11 is 0. The Labute approximate surface area is 112 Å². The van der Waals surface area contributed by atoms with Gasteiger partial charge in [0.25, 0.3) is 0 Å². The number of hydrogen-bond donors (Lipinski definition) is 1. The molecule has 0 spiro atoms. The molecule has 1 aromatic rings. The first-order valence-electron chi connectivity index (χ1n) is 6.09. The summed E-state index contributed by atoms with van der Waals surface area (Å²) in [5, 5.41) is 4.00. The fourth-order valence-corrected chi connectivity index (χ4v) is 2.23. The summed E-state index contributed by atoms with van der Waals surface area (Å²) in [5.41, 5.74) is 4.54. The van der Waals surface area contributed by atoms with E-state index in [-0.39, 0.29) is 0 Å². The van der Waals surface area contributed by atoms with E-state index in [4.69, 9.17) is 9.47 Å². The van der Waals surface area contributed by atoms with Gasteiger partial charge in [-0.25, -0.2) is 9.80 Å². The maximum atomic E-state index is 11.8.